The molecule has 0 bridgehead atoms. The average molecular weight is 506 g/mol. The van der Waals surface area contributed by atoms with Crippen molar-refractivity contribution in [1.29, 1.82) is 0 Å². The van der Waals surface area contributed by atoms with Crippen LogP contribution in [0.2, 0.25) is 5.02 Å². The Kier molecular flexibility index (Phi) is 4.66. The van der Waals surface area contributed by atoms with E-state index in [2.05, 4.69) is 45.5 Å². The van der Waals surface area contributed by atoms with Gasteiger partial charge >= 0.3 is 0 Å². The van der Waals surface area contributed by atoms with E-state index in [-0.39, 0.29) is 11.3 Å². The third kappa shape index (κ3) is 3.24. The number of aromatic nitrogens is 5. The Morgan fingerprint density at radius 1 is 1.00 bits per heavy atom. The first-order valence-corrected chi connectivity index (χ1v) is 12.7. The van der Waals surface area contributed by atoms with Gasteiger partial charge in [-0.3, -0.25) is 14.3 Å². The summed E-state index contributed by atoms with van der Waals surface area (Å²) in [6, 6.07) is 7.83. The molecule has 11 heteroatoms. The fraction of sp³-hybridized carbons (Fsp3) is 0.480. The van der Waals surface area contributed by atoms with E-state index in [1.165, 1.54) is 0 Å². The van der Waals surface area contributed by atoms with Gasteiger partial charge in [0.1, 0.15) is 5.54 Å². The van der Waals surface area contributed by atoms with E-state index in [0.717, 1.165) is 68.0 Å². The van der Waals surface area contributed by atoms with Crippen molar-refractivity contribution in [1.82, 2.24) is 34.5 Å². The van der Waals surface area contributed by atoms with Crippen LogP contribution in [0.1, 0.15) is 24.2 Å². The van der Waals surface area contributed by atoms with Crippen molar-refractivity contribution < 1.29 is 4.79 Å². The smallest absolute Gasteiger partial charge is 0.242 e. The number of likely N-dealkylation sites (N-methyl/N-ethyl adjacent to an activating group) is 1. The topological polar surface area (TPSA) is 86.5 Å². The van der Waals surface area contributed by atoms with Gasteiger partial charge in [0.25, 0.3) is 0 Å². The van der Waals surface area contributed by atoms with Crippen molar-refractivity contribution in [2.45, 2.75) is 31.5 Å². The van der Waals surface area contributed by atoms with Crippen LogP contribution in [0.5, 0.6) is 0 Å². The van der Waals surface area contributed by atoms with Crippen LogP contribution in [0.25, 0.3) is 5.69 Å². The Morgan fingerprint density at radius 3 is 2.42 bits per heavy atom. The van der Waals surface area contributed by atoms with Crippen molar-refractivity contribution in [3.05, 3.63) is 53.1 Å². The number of amides is 1. The molecule has 0 radical (unpaired) electrons. The van der Waals surface area contributed by atoms with Gasteiger partial charge in [-0.15, -0.1) is 10.2 Å². The first kappa shape index (κ1) is 22.0. The predicted molar refractivity (Wildman–Crippen MR) is 135 cm³/mol. The highest BCUT2D eigenvalue weighted by molar-refractivity contribution is 6.30. The van der Waals surface area contributed by atoms with Crippen LogP contribution in [-0.2, 0) is 17.9 Å². The van der Waals surface area contributed by atoms with Gasteiger partial charge in [-0.25, -0.2) is 9.97 Å². The Labute approximate surface area is 214 Å². The minimum Gasteiger partial charge on any atom is -0.347 e. The Morgan fingerprint density at radius 2 is 1.72 bits per heavy atom. The van der Waals surface area contributed by atoms with Crippen LogP contribution < -0.4 is 9.80 Å². The first-order valence-electron chi connectivity index (χ1n) is 12.3. The predicted octanol–water partition coefficient (Wildman–Crippen LogP) is 1.97. The van der Waals surface area contributed by atoms with Gasteiger partial charge in [-0.1, -0.05) is 11.6 Å². The number of benzene rings is 1. The monoisotopic (exact) mass is 505 g/mol. The summed E-state index contributed by atoms with van der Waals surface area (Å²) in [4.78, 5) is 30.4. The largest absolute Gasteiger partial charge is 0.347 e. The lowest BCUT2D eigenvalue weighted by atomic mass is 9.73. The maximum absolute atomic E-state index is 13.1. The molecule has 3 fully saturated rings. The number of rotatable bonds is 4. The number of anilines is 2. The number of hydrogen-bond donors (Lipinski definition) is 0. The maximum atomic E-state index is 13.1. The molecule has 186 valence electrons. The standard InChI is InChI=1S/C25H28ClN9O/c1-31(2)21(36)25(6-7-25)34-11-17-10-18(26)4-5-19(17)35-20(12-34)29-30-23(35)33-15-24(16-33)13-32(14-24)22-27-8-3-9-28-22/h3-5,8-10H,6-7,11-16H2,1-2H3. The van der Waals surface area contributed by atoms with Gasteiger partial charge in [0, 0.05) is 69.7 Å². The van der Waals surface area contributed by atoms with Crippen LogP contribution in [0.4, 0.5) is 11.9 Å². The zero-order valence-electron chi connectivity index (χ0n) is 20.4. The highest BCUT2D eigenvalue weighted by atomic mass is 35.5. The summed E-state index contributed by atoms with van der Waals surface area (Å²) >= 11 is 6.43. The molecule has 1 spiro atoms. The second kappa shape index (κ2) is 7.63. The van der Waals surface area contributed by atoms with E-state index in [1.54, 1.807) is 17.3 Å². The lowest BCUT2D eigenvalue weighted by Gasteiger charge is -2.60. The van der Waals surface area contributed by atoms with Crippen LogP contribution in [-0.4, -0.2) is 86.3 Å². The Hall–Kier alpha value is -3.24. The van der Waals surface area contributed by atoms with Crippen LogP contribution >= 0.6 is 11.6 Å². The number of carbonyl (C=O) groups is 1. The summed E-state index contributed by atoms with van der Waals surface area (Å²) in [6.07, 6.45) is 5.29. The van der Waals surface area contributed by atoms with Crippen LogP contribution in [0, 0.1) is 5.41 Å². The molecule has 10 nitrogen and oxygen atoms in total. The van der Waals surface area contributed by atoms with Crippen molar-refractivity contribution in [2.75, 3.05) is 50.1 Å². The normalized spacial score (nSPS) is 21.2. The molecule has 1 aromatic carbocycles. The third-order valence-electron chi connectivity index (χ3n) is 8.05. The van der Waals surface area contributed by atoms with Crippen LogP contribution in [0.15, 0.2) is 36.7 Å². The van der Waals surface area contributed by atoms with Crippen molar-refractivity contribution >= 4 is 29.4 Å². The molecule has 5 heterocycles. The highest BCUT2D eigenvalue weighted by Gasteiger charge is 2.57. The molecule has 3 aliphatic heterocycles. The molecule has 0 atom stereocenters. The highest BCUT2D eigenvalue weighted by Crippen LogP contribution is 2.47. The number of carbonyl (C=O) groups excluding carboxylic acids is 1. The molecule has 2 aromatic heterocycles. The molecule has 36 heavy (non-hydrogen) atoms. The van der Waals surface area contributed by atoms with Gasteiger partial charge in [-0.2, -0.15) is 0 Å². The van der Waals surface area contributed by atoms with E-state index >= 15 is 0 Å². The molecule has 1 saturated carbocycles. The Balaban J connectivity index is 1.17. The number of halogens is 1. The summed E-state index contributed by atoms with van der Waals surface area (Å²) in [5, 5.41) is 9.97. The maximum Gasteiger partial charge on any atom is 0.242 e. The molecular formula is C25H28ClN9O. The summed E-state index contributed by atoms with van der Waals surface area (Å²) in [6.45, 7) is 4.95. The SMILES string of the molecule is CN(C)C(=O)C1(N2Cc3cc(Cl)ccc3-n3c(nnc3N3CC4(CN(c5ncccn5)C4)C3)C2)CC1. The van der Waals surface area contributed by atoms with Crippen molar-refractivity contribution in [2.24, 2.45) is 5.41 Å². The van der Waals surface area contributed by atoms with E-state index in [9.17, 15) is 4.79 Å². The number of nitrogens with zero attached hydrogens (tertiary/aromatic N) is 9. The van der Waals surface area contributed by atoms with Gasteiger partial charge in [0.05, 0.1) is 12.2 Å². The molecule has 1 aliphatic carbocycles. The second-order valence-electron chi connectivity index (χ2n) is 10.9. The van der Waals surface area contributed by atoms with E-state index in [1.807, 2.05) is 32.3 Å². The van der Waals surface area contributed by atoms with Crippen molar-refractivity contribution in [3.63, 3.8) is 0 Å². The number of hydrogen-bond acceptors (Lipinski definition) is 8. The fourth-order valence-electron chi connectivity index (χ4n) is 6.16. The summed E-state index contributed by atoms with van der Waals surface area (Å²) in [7, 11) is 3.66. The molecule has 3 aromatic rings. The zero-order chi connectivity index (χ0) is 24.7. The summed E-state index contributed by atoms with van der Waals surface area (Å²) < 4.78 is 2.17. The second-order valence-corrected chi connectivity index (χ2v) is 11.3. The summed E-state index contributed by atoms with van der Waals surface area (Å²) in [5.41, 5.74) is 1.90. The third-order valence-corrected chi connectivity index (χ3v) is 8.28. The quantitative estimate of drug-likeness (QED) is 0.532. The Bertz CT molecular complexity index is 1340. The first-order chi connectivity index (χ1) is 17.4. The van der Waals surface area contributed by atoms with Gasteiger partial charge in [-0.05, 0) is 42.7 Å². The summed E-state index contributed by atoms with van der Waals surface area (Å²) in [5.74, 6) is 2.67. The molecule has 1 amide bonds. The number of fused-ring (bicyclic) bond motifs is 3. The van der Waals surface area contributed by atoms with Gasteiger partial charge in [0.15, 0.2) is 5.82 Å². The van der Waals surface area contributed by atoms with Gasteiger partial charge < -0.3 is 14.7 Å². The van der Waals surface area contributed by atoms with Crippen molar-refractivity contribution in [3.8, 4) is 5.69 Å². The van der Waals surface area contributed by atoms with E-state index in [4.69, 9.17) is 11.6 Å². The van der Waals surface area contributed by atoms with Gasteiger partial charge in [0.2, 0.25) is 17.8 Å². The molecular weight excluding hydrogens is 478 g/mol. The van der Waals surface area contributed by atoms with E-state index < -0.39 is 5.54 Å². The minimum absolute atomic E-state index is 0.154. The fourth-order valence-corrected chi connectivity index (χ4v) is 6.35. The molecule has 7 rings (SSSR count). The lowest BCUT2D eigenvalue weighted by molar-refractivity contribution is -0.136. The molecule has 4 aliphatic rings. The van der Waals surface area contributed by atoms with Crippen LogP contribution in [0.3, 0.4) is 0 Å². The van der Waals surface area contributed by atoms with E-state index in [0.29, 0.717) is 18.1 Å². The molecule has 2 saturated heterocycles. The zero-order valence-corrected chi connectivity index (χ0v) is 21.2. The molecule has 0 N–H and O–H groups in total. The molecule has 0 unspecified atom stereocenters. The minimum atomic E-state index is -0.472. The average Bonchev–Trinajstić information content (AvgIpc) is 3.56. The lowest BCUT2D eigenvalue weighted by Crippen LogP contribution is -2.73.